The van der Waals surface area contributed by atoms with Crippen LogP contribution in [0.5, 0.6) is 5.75 Å². The number of nitrogens with one attached hydrogen (secondary N) is 2. The summed E-state index contributed by atoms with van der Waals surface area (Å²) in [5.74, 6) is 0.187. The minimum absolute atomic E-state index is 0.0958. The maximum Gasteiger partial charge on any atom is 0.328 e. The molecule has 28 heavy (non-hydrogen) atoms. The monoisotopic (exact) mass is 386 g/mol. The van der Waals surface area contributed by atoms with Gasteiger partial charge < -0.3 is 24.7 Å². The number of amides is 2. The average Bonchev–Trinajstić information content (AvgIpc) is 3.19. The van der Waals surface area contributed by atoms with Crippen LogP contribution in [0.4, 0.5) is 4.79 Å². The summed E-state index contributed by atoms with van der Waals surface area (Å²) in [5.41, 5.74) is 2.74. The third-order valence-electron chi connectivity index (χ3n) is 5.02. The summed E-state index contributed by atoms with van der Waals surface area (Å²) in [6.07, 6.45) is 2.31. The van der Waals surface area contributed by atoms with E-state index in [4.69, 9.17) is 9.47 Å². The number of imidazole rings is 1. The summed E-state index contributed by atoms with van der Waals surface area (Å²) in [7, 11) is 2.93. The minimum Gasteiger partial charge on any atom is -0.497 e. The van der Waals surface area contributed by atoms with Crippen molar-refractivity contribution >= 4 is 12.0 Å². The topological polar surface area (TPSA) is 96.6 Å². The number of methoxy groups -OCH3 is 2. The molecule has 0 spiro atoms. The van der Waals surface area contributed by atoms with E-state index in [1.807, 2.05) is 38.1 Å². The highest BCUT2D eigenvalue weighted by atomic mass is 16.5. The second-order valence-corrected chi connectivity index (χ2v) is 7.08. The molecule has 0 radical (unpaired) electrons. The van der Waals surface area contributed by atoms with E-state index in [1.165, 1.54) is 7.11 Å². The van der Waals surface area contributed by atoms with E-state index in [-0.39, 0.29) is 18.0 Å². The Hall–Kier alpha value is -3.03. The quantitative estimate of drug-likeness (QED) is 0.769. The van der Waals surface area contributed by atoms with Crippen molar-refractivity contribution in [2.75, 3.05) is 20.8 Å². The molecule has 0 fully saturated rings. The van der Waals surface area contributed by atoms with E-state index in [0.29, 0.717) is 13.0 Å². The fraction of sp³-hybridized carbons (Fsp3) is 0.450. The van der Waals surface area contributed by atoms with Crippen molar-refractivity contribution in [3.8, 4) is 5.75 Å². The minimum atomic E-state index is -0.713. The van der Waals surface area contributed by atoms with E-state index in [0.717, 1.165) is 22.7 Å². The van der Waals surface area contributed by atoms with Crippen LogP contribution in [0, 0.1) is 5.92 Å². The molecule has 2 N–H and O–H groups in total. The molecule has 2 aromatic rings. The SMILES string of the molecule is COC(=O)[C@H](NC(=O)N1CCc2[nH]cnc2[C@@H]1c1ccc(OC)cc1)C(C)C. The van der Waals surface area contributed by atoms with Gasteiger partial charge in [0.05, 0.1) is 26.2 Å². The number of carbonyl (C=O) groups is 2. The summed E-state index contributed by atoms with van der Waals surface area (Å²) < 4.78 is 10.1. The number of H-pyrrole nitrogens is 1. The number of nitrogens with zero attached hydrogens (tertiary/aromatic N) is 2. The maximum absolute atomic E-state index is 13.1. The summed E-state index contributed by atoms with van der Waals surface area (Å²) in [6, 6.07) is 6.18. The van der Waals surface area contributed by atoms with Gasteiger partial charge in [0, 0.05) is 18.7 Å². The predicted molar refractivity (Wildman–Crippen MR) is 103 cm³/mol. The van der Waals surface area contributed by atoms with Gasteiger partial charge in [-0.05, 0) is 23.6 Å². The Labute approximate surface area is 164 Å². The van der Waals surface area contributed by atoms with Gasteiger partial charge >= 0.3 is 12.0 Å². The number of hydrogen-bond donors (Lipinski definition) is 2. The second-order valence-electron chi connectivity index (χ2n) is 7.08. The summed E-state index contributed by atoms with van der Waals surface area (Å²) >= 11 is 0. The molecule has 0 unspecified atom stereocenters. The molecule has 3 rings (SSSR count). The smallest absolute Gasteiger partial charge is 0.328 e. The number of benzene rings is 1. The van der Waals surface area contributed by atoms with Crippen molar-refractivity contribution in [1.82, 2.24) is 20.2 Å². The Bertz CT molecular complexity index is 831. The first kappa shape index (κ1) is 19.7. The van der Waals surface area contributed by atoms with Crippen LogP contribution >= 0.6 is 0 Å². The molecule has 0 saturated heterocycles. The van der Waals surface area contributed by atoms with Crippen molar-refractivity contribution in [1.29, 1.82) is 0 Å². The molecule has 0 bridgehead atoms. The number of carbonyl (C=O) groups excluding carboxylic acids is 2. The van der Waals surface area contributed by atoms with E-state index in [1.54, 1.807) is 18.3 Å². The molecule has 0 saturated carbocycles. The van der Waals surface area contributed by atoms with Crippen LogP contribution in [-0.4, -0.2) is 53.7 Å². The van der Waals surface area contributed by atoms with Gasteiger partial charge in [-0.25, -0.2) is 14.6 Å². The van der Waals surface area contributed by atoms with Crippen molar-refractivity contribution in [3.05, 3.63) is 47.5 Å². The number of esters is 1. The molecule has 1 aliphatic rings. The highest BCUT2D eigenvalue weighted by Crippen LogP contribution is 2.34. The molecule has 8 nitrogen and oxygen atoms in total. The molecular weight excluding hydrogens is 360 g/mol. The van der Waals surface area contributed by atoms with Crippen LogP contribution in [0.15, 0.2) is 30.6 Å². The molecule has 2 atom stereocenters. The average molecular weight is 386 g/mol. The van der Waals surface area contributed by atoms with Crippen LogP contribution < -0.4 is 10.1 Å². The molecular formula is C20H26N4O4. The Morgan fingerprint density at radius 2 is 1.96 bits per heavy atom. The van der Waals surface area contributed by atoms with Crippen LogP contribution in [0.2, 0.25) is 0 Å². The zero-order valence-corrected chi connectivity index (χ0v) is 16.6. The molecule has 2 amide bonds. The maximum atomic E-state index is 13.1. The third-order valence-corrected chi connectivity index (χ3v) is 5.02. The Morgan fingerprint density at radius 1 is 1.25 bits per heavy atom. The number of hydrogen-bond acceptors (Lipinski definition) is 5. The van der Waals surface area contributed by atoms with E-state index >= 15 is 0 Å². The number of ether oxygens (including phenoxy) is 2. The molecule has 1 aromatic heterocycles. The van der Waals surface area contributed by atoms with Crippen LogP contribution in [0.25, 0.3) is 0 Å². The van der Waals surface area contributed by atoms with Gasteiger partial charge in [0.15, 0.2) is 0 Å². The first-order valence-electron chi connectivity index (χ1n) is 9.27. The predicted octanol–water partition coefficient (Wildman–Crippen LogP) is 2.27. The lowest BCUT2D eigenvalue weighted by molar-refractivity contribution is -0.144. The summed E-state index contributed by atoms with van der Waals surface area (Å²) in [5, 5.41) is 2.83. The molecule has 2 heterocycles. The molecule has 150 valence electrons. The van der Waals surface area contributed by atoms with Gasteiger partial charge in [-0.2, -0.15) is 0 Å². The third kappa shape index (κ3) is 3.81. The number of aromatic nitrogens is 2. The van der Waals surface area contributed by atoms with E-state index in [2.05, 4.69) is 15.3 Å². The fourth-order valence-corrected chi connectivity index (χ4v) is 3.46. The lowest BCUT2D eigenvalue weighted by Crippen LogP contribution is -2.53. The first-order chi connectivity index (χ1) is 13.5. The van der Waals surface area contributed by atoms with Gasteiger partial charge in [-0.1, -0.05) is 26.0 Å². The first-order valence-corrected chi connectivity index (χ1v) is 9.27. The van der Waals surface area contributed by atoms with Crippen LogP contribution in [-0.2, 0) is 16.0 Å². The largest absolute Gasteiger partial charge is 0.497 e. The van der Waals surface area contributed by atoms with Gasteiger partial charge in [-0.3, -0.25) is 0 Å². The van der Waals surface area contributed by atoms with Crippen molar-refractivity contribution in [2.24, 2.45) is 5.92 Å². The normalized spacial score (nSPS) is 17.0. The Balaban J connectivity index is 1.91. The molecule has 1 aromatic carbocycles. The van der Waals surface area contributed by atoms with Gasteiger partial charge in [-0.15, -0.1) is 0 Å². The van der Waals surface area contributed by atoms with Crippen molar-refractivity contribution in [2.45, 2.75) is 32.4 Å². The van der Waals surface area contributed by atoms with Crippen LogP contribution in [0.1, 0.15) is 36.8 Å². The zero-order valence-electron chi connectivity index (χ0n) is 16.6. The number of rotatable bonds is 5. The highest BCUT2D eigenvalue weighted by molar-refractivity contribution is 5.84. The highest BCUT2D eigenvalue weighted by Gasteiger charge is 2.36. The van der Waals surface area contributed by atoms with Gasteiger partial charge in [0.1, 0.15) is 17.8 Å². The van der Waals surface area contributed by atoms with Gasteiger partial charge in [0.25, 0.3) is 0 Å². The summed E-state index contributed by atoms with van der Waals surface area (Å²) in [6.45, 7) is 4.24. The van der Waals surface area contributed by atoms with Crippen molar-refractivity contribution in [3.63, 3.8) is 0 Å². The fourth-order valence-electron chi connectivity index (χ4n) is 3.46. The Kier molecular flexibility index (Phi) is 5.87. The zero-order chi connectivity index (χ0) is 20.3. The number of urea groups is 1. The van der Waals surface area contributed by atoms with Gasteiger partial charge in [0.2, 0.25) is 0 Å². The standard InChI is InChI=1S/C20H26N4O4/c1-12(2)16(19(25)28-4)23-20(26)24-10-9-15-17(22-11-21-15)18(24)13-5-7-14(27-3)8-6-13/h5-8,11-12,16,18H,9-10H2,1-4H3,(H,21,22)(H,23,26)/t16-,18+/m1/s1. The van der Waals surface area contributed by atoms with E-state index in [9.17, 15) is 9.59 Å². The lowest BCUT2D eigenvalue weighted by Gasteiger charge is -2.36. The molecule has 0 aliphatic carbocycles. The number of fused-ring (bicyclic) bond motifs is 1. The van der Waals surface area contributed by atoms with E-state index < -0.39 is 12.0 Å². The molecule has 8 heteroatoms. The van der Waals surface area contributed by atoms with Crippen LogP contribution in [0.3, 0.4) is 0 Å². The lowest BCUT2D eigenvalue weighted by atomic mass is 9.95. The summed E-state index contributed by atoms with van der Waals surface area (Å²) in [4.78, 5) is 34.5. The second kappa shape index (κ2) is 8.33. The number of aromatic amines is 1. The van der Waals surface area contributed by atoms with Crippen molar-refractivity contribution < 1.29 is 19.1 Å². The Morgan fingerprint density at radius 3 is 2.57 bits per heavy atom. The molecule has 1 aliphatic heterocycles.